The van der Waals surface area contributed by atoms with Crippen LogP contribution in [0.3, 0.4) is 0 Å². The topological polar surface area (TPSA) is 84.2 Å². The molecule has 29 heavy (non-hydrogen) atoms. The Bertz CT molecular complexity index is 1050. The first kappa shape index (κ1) is 20.2. The molecule has 0 radical (unpaired) electrons. The highest BCUT2D eigenvalue weighted by molar-refractivity contribution is 8.00. The third kappa shape index (κ3) is 5.06. The van der Waals surface area contributed by atoms with E-state index in [0.29, 0.717) is 27.8 Å². The summed E-state index contributed by atoms with van der Waals surface area (Å²) in [7, 11) is 3.15. The van der Waals surface area contributed by atoms with Crippen molar-refractivity contribution in [2.45, 2.75) is 5.03 Å². The number of carbonyl (C=O) groups excluding carboxylic acids is 1. The van der Waals surface area contributed by atoms with Crippen LogP contribution in [0.1, 0.15) is 5.56 Å². The molecule has 0 saturated carbocycles. The number of aromatic nitrogens is 1. The number of hydrogen-bond acceptors (Lipinski definition) is 6. The van der Waals surface area contributed by atoms with Gasteiger partial charge in [0, 0.05) is 11.3 Å². The average molecular weight is 405 g/mol. The number of pyridine rings is 1. The summed E-state index contributed by atoms with van der Waals surface area (Å²) < 4.78 is 10.6. The first-order chi connectivity index (χ1) is 14.1. The van der Waals surface area contributed by atoms with E-state index in [-0.39, 0.29) is 11.7 Å². The zero-order chi connectivity index (χ0) is 20.6. The first-order valence-corrected chi connectivity index (χ1v) is 9.74. The lowest BCUT2D eigenvalue weighted by atomic mass is 10.1. The normalized spacial score (nSPS) is 10.1. The Kier molecular flexibility index (Phi) is 6.72. The van der Waals surface area contributed by atoms with Gasteiger partial charge in [-0.3, -0.25) is 4.79 Å². The van der Waals surface area contributed by atoms with Crippen molar-refractivity contribution in [3.05, 3.63) is 66.2 Å². The van der Waals surface area contributed by atoms with Crippen LogP contribution in [-0.2, 0) is 4.79 Å². The molecule has 1 amide bonds. The van der Waals surface area contributed by atoms with Gasteiger partial charge in [0.15, 0.2) is 11.5 Å². The molecule has 3 aromatic rings. The Balaban J connectivity index is 1.79. The van der Waals surface area contributed by atoms with E-state index in [9.17, 15) is 10.1 Å². The fourth-order valence-corrected chi connectivity index (χ4v) is 3.42. The molecule has 146 valence electrons. The van der Waals surface area contributed by atoms with Crippen LogP contribution in [-0.4, -0.2) is 30.9 Å². The Morgan fingerprint density at radius 1 is 1.07 bits per heavy atom. The largest absolute Gasteiger partial charge is 0.493 e. The molecule has 0 atom stereocenters. The van der Waals surface area contributed by atoms with Crippen molar-refractivity contribution in [3.63, 3.8) is 0 Å². The number of rotatable bonds is 7. The Labute approximate surface area is 173 Å². The maximum absolute atomic E-state index is 12.2. The lowest BCUT2D eigenvalue weighted by molar-refractivity contribution is -0.113. The monoisotopic (exact) mass is 405 g/mol. The van der Waals surface area contributed by atoms with Crippen molar-refractivity contribution in [2.24, 2.45) is 0 Å². The van der Waals surface area contributed by atoms with E-state index in [1.807, 2.05) is 42.5 Å². The molecule has 0 aliphatic carbocycles. The van der Waals surface area contributed by atoms with Crippen molar-refractivity contribution in [2.75, 3.05) is 25.3 Å². The number of benzene rings is 2. The summed E-state index contributed by atoms with van der Waals surface area (Å²) in [5.74, 6) is 1.19. The van der Waals surface area contributed by atoms with Crippen LogP contribution < -0.4 is 14.8 Å². The molecule has 1 N–H and O–H groups in total. The van der Waals surface area contributed by atoms with Crippen LogP contribution in [0.5, 0.6) is 11.5 Å². The summed E-state index contributed by atoms with van der Waals surface area (Å²) in [5.41, 5.74) is 2.65. The maximum atomic E-state index is 12.2. The number of thioether (sulfide) groups is 1. The van der Waals surface area contributed by atoms with Gasteiger partial charge >= 0.3 is 0 Å². The maximum Gasteiger partial charge on any atom is 0.234 e. The number of nitrogens with zero attached hydrogens (tertiary/aromatic N) is 2. The zero-order valence-electron chi connectivity index (χ0n) is 16.0. The van der Waals surface area contributed by atoms with E-state index in [2.05, 4.69) is 16.4 Å². The van der Waals surface area contributed by atoms with E-state index < -0.39 is 0 Å². The molecule has 0 saturated heterocycles. The van der Waals surface area contributed by atoms with Crippen LogP contribution in [0.25, 0.3) is 11.3 Å². The van der Waals surface area contributed by atoms with Gasteiger partial charge in [0.05, 0.1) is 31.2 Å². The van der Waals surface area contributed by atoms with Crippen LogP contribution in [0.2, 0.25) is 0 Å². The van der Waals surface area contributed by atoms with Gasteiger partial charge < -0.3 is 14.8 Å². The van der Waals surface area contributed by atoms with Gasteiger partial charge in [-0.25, -0.2) is 4.98 Å². The molecule has 3 rings (SSSR count). The molecule has 2 aromatic carbocycles. The molecule has 0 unspecified atom stereocenters. The van der Waals surface area contributed by atoms with E-state index in [1.54, 1.807) is 32.4 Å². The quantitative estimate of drug-likeness (QED) is 0.588. The van der Waals surface area contributed by atoms with E-state index in [4.69, 9.17) is 9.47 Å². The summed E-state index contributed by atoms with van der Waals surface area (Å²) in [4.78, 5) is 16.8. The fourth-order valence-electron chi connectivity index (χ4n) is 2.64. The standard InChI is InChI=1S/C22H19N3O3S/c1-27-19-11-9-15(12-20(19)28-2)18-10-8-16(13-23)22(25-18)29-14-21(26)24-17-6-4-3-5-7-17/h3-12H,14H2,1-2H3,(H,24,26). The van der Waals surface area contributed by atoms with Crippen molar-refractivity contribution in [1.82, 2.24) is 4.98 Å². The lowest BCUT2D eigenvalue weighted by Gasteiger charge is -2.11. The number of amides is 1. The van der Waals surface area contributed by atoms with Gasteiger partial charge in [-0.05, 0) is 42.5 Å². The number of nitriles is 1. The molecular weight excluding hydrogens is 386 g/mol. The third-order valence-corrected chi connectivity index (χ3v) is 5.05. The van der Waals surface area contributed by atoms with Gasteiger partial charge in [0.25, 0.3) is 0 Å². The van der Waals surface area contributed by atoms with E-state index in [1.165, 1.54) is 11.8 Å². The van der Waals surface area contributed by atoms with E-state index in [0.717, 1.165) is 11.3 Å². The van der Waals surface area contributed by atoms with Crippen molar-refractivity contribution < 1.29 is 14.3 Å². The first-order valence-electron chi connectivity index (χ1n) is 8.76. The van der Waals surface area contributed by atoms with Gasteiger partial charge in [0.1, 0.15) is 11.1 Å². The van der Waals surface area contributed by atoms with Crippen LogP contribution in [0.15, 0.2) is 65.7 Å². The predicted octanol–water partition coefficient (Wildman–Crippen LogP) is 4.37. The van der Waals surface area contributed by atoms with Gasteiger partial charge in [-0.2, -0.15) is 5.26 Å². The van der Waals surface area contributed by atoms with Crippen LogP contribution in [0, 0.1) is 11.3 Å². The molecular formula is C22H19N3O3S. The average Bonchev–Trinajstić information content (AvgIpc) is 2.77. The molecule has 0 spiro atoms. The molecule has 0 bridgehead atoms. The van der Waals surface area contributed by atoms with Crippen LogP contribution >= 0.6 is 11.8 Å². The summed E-state index contributed by atoms with van der Waals surface area (Å²) in [6.07, 6.45) is 0. The minimum absolute atomic E-state index is 0.145. The number of para-hydroxylation sites is 1. The third-order valence-electron chi connectivity index (χ3n) is 4.06. The second kappa shape index (κ2) is 9.62. The second-order valence-corrected chi connectivity index (χ2v) is 6.90. The SMILES string of the molecule is COc1ccc(-c2ccc(C#N)c(SCC(=O)Nc3ccccc3)n2)cc1OC. The number of methoxy groups -OCH3 is 2. The number of carbonyl (C=O) groups is 1. The Hall–Kier alpha value is -3.50. The number of nitrogens with one attached hydrogen (secondary N) is 1. The minimum Gasteiger partial charge on any atom is -0.493 e. The number of hydrogen-bond donors (Lipinski definition) is 1. The summed E-state index contributed by atoms with van der Waals surface area (Å²) >= 11 is 1.22. The molecule has 0 aliphatic heterocycles. The van der Waals surface area contributed by atoms with E-state index >= 15 is 0 Å². The molecule has 7 heteroatoms. The number of ether oxygens (including phenoxy) is 2. The zero-order valence-corrected chi connectivity index (χ0v) is 16.8. The van der Waals surface area contributed by atoms with Gasteiger partial charge in [0.2, 0.25) is 5.91 Å². The molecule has 0 aliphatic rings. The minimum atomic E-state index is -0.164. The van der Waals surface area contributed by atoms with Crippen molar-refractivity contribution >= 4 is 23.4 Å². The molecule has 1 aromatic heterocycles. The van der Waals surface area contributed by atoms with Crippen molar-refractivity contribution in [3.8, 4) is 28.8 Å². The highest BCUT2D eigenvalue weighted by Gasteiger charge is 2.12. The smallest absolute Gasteiger partial charge is 0.234 e. The fraction of sp³-hybridized carbons (Fsp3) is 0.136. The summed E-state index contributed by atoms with van der Waals surface area (Å²) in [6.45, 7) is 0. The number of anilines is 1. The second-order valence-electron chi connectivity index (χ2n) is 5.93. The van der Waals surface area contributed by atoms with Crippen LogP contribution in [0.4, 0.5) is 5.69 Å². The predicted molar refractivity (Wildman–Crippen MR) is 113 cm³/mol. The molecule has 1 heterocycles. The summed E-state index contributed by atoms with van der Waals surface area (Å²) in [5, 5.41) is 12.7. The Morgan fingerprint density at radius 2 is 1.83 bits per heavy atom. The molecule has 6 nitrogen and oxygen atoms in total. The molecule has 0 fully saturated rings. The lowest BCUT2D eigenvalue weighted by Crippen LogP contribution is -2.14. The Morgan fingerprint density at radius 3 is 2.52 bits per heavy atom. The highest BCUT2D eigenvalue weighted by Crippen LogP contribution is 2.33. The summed E-state index contributed by atoms with van der Waals surface area (Å²) in [6, 6.07) is 20.3. The van der Waals surface area contributed by atoms with Gasteiger partial charge in [-0.15, -0.1) is 0 Å². The van der Waals surface area contributed by atoms with Gasteiger partial charge in [-0.1, -0.05) is 30.0 Å². The van der Waals surface area contributed by atoms with Crippen molar-refractivity contribution in [1.29, 1.82) is 5.26 Å². The highest BCUT2D eigenvalue weighted by atomic mass is 32.2.